The van der Waals surface area contributed by atoms with Crippen molar-refractivity contribution < 1.29 is 22.7 Å². The highest BCUT2D eigenvalue weighted by atomic mass is 19.4. The first-order chi connectivity index (χ1) is 10.8. The third-order valence-electron chi connectivity index (χ3n) is 3.51. The largest absolute Gasteiger partial charge is 0.462 e. The minimum Gasteiger partial charge on any atom is -0.462 e. The van der Waals surface area contributed by atoms with Gasteiger partial charge in [0, 0.05) is 7.05 Å². The third-order valence-corrected chi connectivity index (χ3v) is 3.51. The Balaban J connectivity index is 2.36. The molecule has 3 aromatic heterocycles. The molecule has 0 saturated carbocycles. The van der Waals surface area contributed by atoms with Gasteiger partial charge in [-0.3, -0.25) is 0 Å². The lowest BCUT2D eigenvalue weighted by Crippen LogP contribution is -2.07. The van der Waals surface area contributed by atoms with E-state index >= 15 is 0 Å². The summed E-state index contributed by atoms with van der Waals surface area (Å²) in [6, 6.07) is 2.72. The van der Waals surface area contributed by atoms with Crippen molar-refractivity contribution in [2.75, 3.05) is 6.61 Å². The van der Waals surface area contributed by atoms with E-state index in [1.165, 1.54) is 23.7 Å². The molecule has 9 heteroatoms. The molecule has 0 N–H and O–H groups in total. The van der Waals surface area contributed by atoms with Gasteiger partial charge in [-0.2, -0.15) is 23.4 Å². The highest BCUT2D eigenvalue weighted by Crippen LogP contribution is 2.34. The summed E-state index contributed by atoms with van der Waals surface area (Å²) in [6.45, 7) is 3.47. The lowest BCUT2D eigenvalue weighted by molar-refractivity contribution is -0.140. The molecule has 0 amide bonds. The zero-order valence-corrected chi connectivity index (χ0v) is 12.6. The van der Waals surface area contributed by atoms with E-state index in [9.17, 15) is 18.0 Å². The molecule has 0 aliphatic carbocycles. The Kier molecular flexibility index (Phi) is 3.31. The number of fused-ring (bicyclic) bond motifs is 3. The quantitative estimate of drug-likeness (QED) is 0.679. The normalized spacial score (nSPS) is 12.3. The Morgan fingerprint density at radius 2 is 2.00 bits per heavy atom. The van der Waals surface area contributed by atoms with Crippen LogP contribution in [0.1, 0.15) is 28.7 Å². The number of halogens is 3. The second kappa shape index (κ2) is 4.97. The first-order valence-corrected chi connectivity index (χ1v) is 6.85. The fourth-order valence-electron chi connectivity index (χ4n) is 2.62. The molecule has 0 aliphatic rings. The Morgan fingerprint density at radius 1 is 1.30 bits per heavy atom. The van der Waals surface area contributed by atoms with Gasteiger partial charge < -0.3 is 4.74 Å². The highest BCUT2D eigenvalue weighted by molar-refractivity contribution is 6.00. The van der Waals surface area contributed by atoms with Crippen LogP contribution in [-0.4, -0.2) is 32.0 Å². The van der Waals surface area contributed by atoms with Crippen molar-refractivity contribution in [1.29, 1.82) is 0 Å². The van der Waals surface area contributed by atoms with Gasteiger partial charge in [0.1, 0.15) is 5.56 Å². The Morgan fingerprint density at radius 3 is 2.61 bits per heavy atom. The zero-order valence-electron chi connectivity index (χ0n) is 12.6. The number of pyridine rings is 1. The first kappa shape index (κ1) is 15.3. The topological polar surface area (TPSA) is 61.4 Å². The van der Waals surface area contributed by atoms with Gasteiger partial charge in [0.05, 0.1) is 23.2 Å². The van der Waals surface area contributed by atoms with Gasteiger partial charge in [-0.15, -0.1) is 0 Å². The van der Waals surface area contributed by atoms with Crippen LogP contribution in [0.25, 0.3) is 16.6 Å². The number of ether oxygens (including phenoxy) is 1. The third kappa shape index (κ3) is 2.23. The summed E-state index contributed by atoms with van der Waals surface area (Å²) in [4.78, 5) is 12.0. The number of carbonyl (C=O) groups is 1. The van der Waals surface area contributed by atoms with E-state index < -0.39 is 17.8 Å². The monoisotopic (exact) mass is 326 g/mol. The maximum Gasteiger partial charge on any atom is 0.435 e. The summed E-state index contributed by atoms with van der Waals surface area (Å²) < 4.78 is 46.6. The smallest absolute Gasteiger partial charge is 0.435 e. The van der Waals surface area contributed by atoms with Gasteiger partial charge in [0.25, 0.3) is 0 Å². The Labute approximate surface area is 128 Å². The van der Waals surface area contributed by atoms with Gasteiger partial charge >= 0.3 is 12.1 Å². The van der Waals surface area contributed by atoms with Gasteiger partial charge in [0.2, 0.25) is 0 Å². The van der Waals surface area contributed by atoms with Crippen LogP contribution >= 0.6 is 0 Å². The summed E-state index contributed by atoms with van der Waals surface area (Å²) in [7, 11) is 1.40. The average Bonchev–Trinajstić information content (AvgIpc) is 2.95. The molecule has 3 heterocycles. The SMILES string of the molecule is CCOC(=O)c1c(C)nn2c1ccc1c(C(F)(F)F)nn(C)c12. The predicted octanol–water partition coefficient (Wildman–Crippen LogP) is 2.72. The number of aromatic nitrogens is 4. The molecule has 0 aliphatic heterocycles. The minimum atomic E-state index is -4.57. The van der Waals surface area contributed by atoms with Crippen molar-refractivity contribution in [1.82, 2.24) is 19.4 Å². The van der Waals surface area contributed by atoms with Crippen LogP contribution in [-0.2, 0) is 18.0 Å². The number of carbonyl (C=O) groups excluding carboxylic acids is 1. The maximum atomic E-state index is 13.1. The number of hydrogen-bond acceptors (Lipinski definition) is 4. The van der Waals surface area contributed by atoms with E-state index in [0.717, 1.165) is 4.68 Å². The molecule has 0 radical (unpaired) electrons. The maximum absolute atomic E-state index is 13.1. The van der Waals surface area contributed by atoms with Crippen molar-refractivity contribution in [3.63, 3.8) is 0 Å². The van der Waals surface area contributed by atoms with Crippen LogP contribution in [0, 0.1) is 6.92 Å². The summed E-state index contributed by atoms with van der Waals surface area (Å²) in [5.74, 6) is -0.558. The number of nitrogens with zero attached hydrogens (tertiary/aromatic N) is 4. The summed E-state index contributed by atoms with van der Waals surface area (Å²) >= 11 is 0. The van der Waals surface area contributed by atoms with Gasteiger partial charge in [0.15, 0.2) is 11.3 Å². The van der Waals surface area contributed by atoms with E-state index in [1.54, 1.807) is 13.8 Å². The summed E-state index contributed by atoms with van der Waals surface area (Å²) in [5.41, 5.74) is 0.176. The molecule has 122 valence electrons. The first-order valence-electron chi connectivity index (χ1n) is 6.85. The van der Waals surface area contributed by atoms with E-state index in [1.807, 2.05) is 0 Å². The molecular weight excluding hydrogens is 313 g/mol. The fourth-order valence-corrected chi connectivity index (χ4v) is 2.62. The van der Waals surface area contributed by atoms with Crippen molar-refractivity contribution in [3.8, 4) is 0 Å². The predicted molar refractivity (Wildman–Crippen MR) is 75.2 cm³/mol. The fraction of sp³-hybridized carbons (Fsp3) is 0.357. The lowest BCUT2D eigenvalue weighted by atomic mass is 10.2. The summed E-state index contributed by atoms with van der Waals surface area (Å²) in [6.07, 6.45) is -4.57. The lowest BCUT2D eigenvalue weighted by Gasteiger charge is -2.03. The van der Waals surface area contributed by atoms with Crippen molar-refractivity contribution in [2.45, 2.75) is 20.0 Å². The van der Waals surface area contributed by atoms with E-state index in [2.05, 4.69) is 10.2 Å². The van der Waals surface area contributed by atoms with E-state index in [-0.39, 0.29) is 23.2 Å². The molecule has 0 unspecified atom stereocenters. The van der Waals surface area contributed by atoms with Gasteiger partial charge in [-0.1, -0.05) is 0 Å². The molecular formula is C14H13F3N4O2. The van der Waals surface area contributed by atoms with E-state index in [4.69, 9.17) is 4.74 Å². The molecule has 0 spiro atoms. The molecule has 0 atom stereocenters. The molecule has 0 saturated heterocycles. The van der Waals surface area contributed by atoms with Crippen molar-refractivity contribution in [2.24, 2.45) is 7.05 Å². The van der Waals surface area contributed by atoms with Crippen LogP contribution in [0.5, 0.6) is 0 Å². The van der Waals surface area contributed by atoms with Crippen LogP contribution in [0.2, 0.25) is 0 Å². The van der Waals surface area contributed by atoms with Gasteiger partial charge in [-0.05, 0) is 26.0 Å². The second-order valence-corrected chi connectivity index (χ2v) is 5.02. The highest BCUT2D eigenvalue weighted by Gasteiger charge is 2.37. The van der Waals surface area contributed by atoms with Crippen LogP contribution < -0.4 is 0 Å². The number of esters is 1. The van der Waals surface area contributed by atoms with Crippen molar-refractivity contribution in [3.05, 3.63) is 29.1 Å². The minimum absolute atomic E-state index is 0.0783. The molecule has 3 aromatic rings. The number of aryl methyl sites for hydroxylation is 2. The molecule has 0 bridgehead atoms. The summed E-state index contributed by atoms with van der Waals surface area (Å²) in [5, 5.41) is 7.66. The van der Waals surface area contributed by atoms with Gasteiger partial charge in [-0.25, -0.2) is 14.0 Å². The molecule has 0 fully saturated rings. The number of hydrogen-bond donors (Lipinski definition) is 0. The Bertz CT molecular complexity index is 924. The van der Waals surface area contributed by atoms with Crippen LogP contribution in [0.3, 0.4) is 0 Å². The van der Waals surface area contributed by atoms with E-state index in [0.29, 0.717) is 11.2 Å². The average molecular weight is 326 g/mol. The number of rotatable bonds is 2. The van der Waals surface area contributed by atoms with Crippen molar-refractivity contribution >= 4 is 22.5 Å². The zero-order chi connectivity index (χ0) is 16.9. The van der Waals surface area contributed by atoms with Crippen LogP contribution in [0.4, 0.5) is 13.2 Å². The molecule has 6 nitrogen and oxygen atoms in total. The van der Waals surface area contributed by atoms with Crippen LogP contribution in [0.15, 0.2) is 12.1 Å². The standard InChI is InChI=1S/C14H13F3N4O2/c1-4-23-13(22)10-7(2)18-21-9(10)6-5-8-11(14(15,16)17)19-20(3)12(8)21/h5-6H,4H2,1-3H3. The molecule has 0 aromatic carbocycles. The second-order valence-electron chi connectivity index (χ2n) is 5.02. The molecule has 3 rings (SSSR count). The number of alkyl halides is 3. The molecule has 23 heavy (non-hydrogen) atoms. The Hall–Kier alpha value is -2.58.